The summed E-state index contributed by atoms with van der Waals surface area (Å²) in [4.78, 5) is 0. The van der Waals surface area contributed by atoms with Gasteiger partial charge in [-0.3, -0.25) is 0 Å². The van der Waals surface area contributed by atoms with Gasteiger partial charge in [0.05, 0.1) is 0 Å². The summed E-state index contributed by atoms with van der Waals surface area (Å²) in [6.45, 7) is 0. The van der Waals surface area contributed by atoms with Crippen LogP contribution in [-0.4, -0.2) is 5.11 Å². The molecule has 0 fully saturated rings. The number of rotatable bonds is 2. The Morgan fingerprint density at radius 1 is 0.571 bits per heavy atom. The van der Waals surface area contributed by atoms with Gasteiger partial charge in [0.1, 0.15) is 5.75 Å². The van der Waals surface area contributed by atoms with Crippen LogP contribution in [-0.2, 0) is 0 Å². The average molecular weight is 276 g/mol. The summed E-state index contributed by atoms with van der Waals surface area (Å²) in [6, 6.07) is 20.7. The quantitative estimate of drug-likeness (QED) is 0.622. The molecule has 0 aliphatic heterocycles. The van der Waals surface area contributed by atoms with Crippen molar-refractivity contribution in [2.45, 2.75) is 0 Å². The molecule has 104 valence electrons. The molecule has 0 heterocycles. The normalized spacial score (nSPS) is 10.5. The van der Waals surface area contributed by atoms with Crippen LogP contribution in [0.2, 0.25) is 0 Å². The standard InChI is InChI=1S/C18H16N2O/c19-15-6-1-12(2-7-15)14-5-10-18(21)17(11-14)13-3-8-16(20)9-4-13/h1-11,21H,19-20H2. The van der Waals surface area contributed by atoms with E-state index in [4.69, 9.17) is 11.5 Å². The van der Waals surface area contributed by atoms with E-state index in [1.165, 1.54) is 0 Å². The highest BCUT2D eigenvalue weighted by molar-refractivity contribution is 5.78. The molecule has 0 radical (unpaired) electrons. The molecule has 21 heavy (non-hydrogen) atoms. The van der Waals surface area contributed by atoms with Gasteiger partial charge in [-0.05, 0) is 53.1 Å². The zero-order chi connectivity index (χ0) is 14.8. The van der Waals surface area contributed by atoms with Crippen molar-refractivity contribution in [3.05, 3.63) is 66.7 Å². The molecule has 3 nitrogen and oxygen atoms in total. The highest BCUT2D eigenvalue weighted by Gasteiger charge is 2.07. The van der Waals surface area contributed by atoms with E-state index in [1.807, 2.05) is 60.7 Å². The molecule has 0 spiro atoms. The molecule has 3 rings (SSSR count). The van der Waals surface area contributed by atoms with E-state index < -0.39 is 0 Å². The van der Waals surface area contributed by atoms with Gasteiger partial charge in [0.25, 0.3) is 0 Å². The van der Waals surface area contributed by atoms with Crippen molar-refractivity contribution in [2.75, 3.05) is 11.5 Å². The lowest BCUT2D eigenvalue weighted by Crippen LogP contribution is -1.87. The second-order valence-electron chi connectivity index (χ2n) is 4.98. The molecule has 0 aliphatic carbocycles. The van der Waals surface area contributed by atoms with Crippen molar-refractivity contribution in [2.24, 2.45) is 0 Å². The molecule has 0 atom stereocenters. The predicted molar refractivity (Wildman–Crippen MR) is 87.8 cm³/mol. The number of hydrogen-bond donors (Lipinski definition) is 3. The summed E-state index contributed by atoms with van der Waals surface area (Å²) in [6.07, 6.45) is 0. The molecule has 3 aromatic rings. The molecule has 0 aromatic heterocycles. The fourth-order valence-electron chi connectivity index (χ4n) is 2.29. The summed E-state index contributed by atoms with van der Waals surface area (Å²) in [5.41, 5.74) is 16.6. The number of phenols is 1. The van der Waals surface area contributed by atoms with Crippen molar-refractivity contribution >= 4 is 11.4 Å². The molecule has 0 aliphatic rings. The number of benzene rings is 3. The second-order valence-corrected chi connectivity index (χ2v) is 4.98. The van der Waals surface area contributed by atoms with Crippen LogP contribution in [0.3, 0.4) is 0 Å². The third kappa shape index (κ3) is 2.67. The van der Waals surface area contributed by atoms with Crippen molar-refractivity contribution in [3.8, 4) is 28.0 Å². The maximum atomic E-state index is 10.1. The Kier molecular flexibility index (Phi) is 3.24. The first kappa shape index (κ1) is 13.1. The van der Waals surface area contributed by atoms with E-state index in [0.717, 1.165) is 27.9 Å². The Hall–Kier alpha value is -2.94. The Morgan fingerprint density at radius 2 is 1.05 bits per heavy atom. The summed E-state index contributed by atoms with van der Waals surface area (Å²) in [5, 5.41) is 10.1. The minimum atomic E-state index is 0.249. The molecule has 3 heteroatoms. The Balaban J connectivity index is 2.07. The molecule has 0 amide bonds. The van der Waals surface area contributed by atoms with Crippen molar-refractivity contribution in [3.63, 3.8) is 0 Å². The van der Waals surface area contributed by atoms with Gasteiger partial charge in [-0.15, -0.1) is 0 Å². The smallest absolute Gasteiger partial charge is 0.123 e. The molecule has 0 saturated heterocycles. The van der Waals surface area contributed by atoms with Crippen LogP contribution in [0.15, 0.2) is 66.7 Å². The minimum absolute atomic E-state index is 0.249. The van der Waals surface area contributed by atoms with E-state index in [-0.39, 0.29) is 5.75 Å². The van der Waals surface area contributed by atoms with Gasteiger partial charge >= 0.3 is 0 Å². The fraction of sp³-hybridized carbons (Fsp3) is 0. The van der Waals surface area contributed by atoms with E-state index >= 15 is 0 Å². The van der Waals surface area contributed by atoms with E-state index in [0.29, 0.717) is 5.69 Å². The highest BCUT2D eigenvalue weighted by atomic mass is 16.3. The van der Waals surface area contributed by atoms with Gasteiger partial charge in [-0.1, -0.05) is 30.3 Å². The molecule has 0 bridgehead atoms. The molecule has 0 unspecified atom stereocenters. The number of aromatic hydroxyl groups is 1. The van der Waals surface area contributed by atoms with Crippen LogP contribution in [0.5, 0.6) is 5.75 Å². The summed E-state index contributed by atoms with van der Waals surface area (Å²) < 4.78 is 0. The summed E-state index contributed by atoms with van der Waals surface area (Å²) in [7, 11) is 0. The van der Waals surface area contributed by atoms with Gasteiger partial charge < -0.3 is 16.6 Å². The molecule has 3 aromatic carbocycles. The third-order valence-electron chi connectivity index (χ3n) is 3.46. The minimum Gasteiger partial charge on any atom is -0.507 e. The third-order valence-corrected chi connectivity index (χ3v) is 3.46. The predicted octanol–water partition coefficient (Wildman–Crippen LogP) is 3.89. The number of nitrogen functional groups attached to an aromatic ring is 2. The zero-order valence-corrected chi connectivity index (χ0v) is 11.5. The Morgan fingerprint density at radius 3 is 1.62 bits per heavy atom. The largest absolute Gasteiger partial charge is 0.507 e. The topological polar surface area (TPSA) is 72.3 Å². The lowest BCUT2D eigenvalue weighted by molar-refractivity contribution is 0.477. The van der Waals surface area contributed by atoms with Crippen LogP contribution < -0.4 is 11.5 Å². The van der Waals surface area contributed by atoms with Gasteiger partial charge in [0.15, 0.2) is 0 Å². The van der Waals surface area contributed by atoms with E-state index in [1.54, 1.807) is 6.07 Å². The number of nitrogens with two attached hydrogens (primary N) is 2. The van der Waals surface area contributed by atoms with Gasteiger partial charge in [0, 0.05) is 16.9 Å². The van der Waals surface area contributed by atoms with Crippen molar-refractivity contribution < 1.29 is 5.11 Å². The fourth-order valence-corrected chi connectivity index (χ4v) is 2.29. The van der Waals surface area contributed by atoms with Gasteiger partial charge in [-0.2, -0.15) is 0 Å². The van der Waals surface area contributed by atoms with Crippen LogP contribution in [0, 0.1) is 0 Å². The lowest BCUT2D eigenvalue weighted by Gasteiger charge is -2.09. The second kappa shape index (κ2) is 5.21. The Bertz CT molecular complexity index is 762. The summed E-state index contributed by atoms with van der Waals surface area (Å²) in [5.74, 6) is 0.249. The molecular formula is C18H16N2O. The average Bonchev–Trinajstić information content (AvgIpc) is 2.50. The highest BCUT2D eigenvalue weighted by Crippen LogP contribution is 2.34. The number of phenolic OH excluding ortho intramolecular Hbond substituents is 1. The molecule has 5 N–H and O–H groups in total. The molecular weight excluding hydrogens is 260 g/mol. The number of hydrogen-bond acceptors (Lipinski definition) is 3. The summed E-state index contributed by atoms with van der Waals surface area (Å²) >= 11 is 0. The van der Waals surface area contributed by atoms with Crippen molar-refractivity contribution in [1.82, 2.24) is 0 Å². The van der Waals surface area contributed by atoms with E-state index in [9.17, 15) is 5.11 Å². The molecule has 0 saturated carbocycles. The van der Waals surface area contributed by atoms with Crippen LogP contribution in [0.1, 0.15) is 0 Å². The first-order valence-electron chi connectivity index (χ1n) is 6.68. The SMILES string of the molecule is Nc1ccc(-c2ccc(O)c(-c3ccc(N)cc3)c2)cc1. The van der Waals surface area contributed by atoms with Crippen LogP contribution in [0.4, 0.5) is 11.4 Å². The maximum absolute atomic E-state index is 10.1. The van der Waals surface area contributed by atoms with Crippen LogP contribution in [0.25, 0.3) is 22.3 Å². The monoisotopic (exact) mass is 276 g/mol. The maximum Gasteiger partial charge on any atom is 0.123 e. The van der Waals surface area contributed by atoms with Crippen molar-refractivity contribution in [1.29, 1.82) is 0 Å². The first-order chi connectivity index (χ1) is 10.1. The van der Waals surface area contributed by atoms with E-state index in [2.05, 4.69) is 0 Å². The van der Waals surface area contributed by atoms with Gasteiger partial charge in [0.2, 0.25) is 0 Å². The first-order valence-corrected chi connectivity index (χ1v) is 6.68. The zero-order valence-electron chi connectivity index (χ0n) is 11.5. The number of anilines is 2. The van der Waals surface area contributed by atoms with Gasteiger partial charge in [-0.25, -0.2) is 0 Å². The Labute approximate surface area is 123 Å². The van der Waals surface area contributed by atoms with Crippen LogP contribution >= 0.6 is 0 Å². The lowest BCUT2D eigenvalue weighted by atomic mass is 9.98.